The Kier molecular flexibility index (Phi) is 8.06. The van der Waals surface area contributed by atoms with Crippen LogP contribution in [0.5, 0.6) is 0 Å². The van der Waals surface area contributed by atoms with Crippen LogP contribution in [0.2, 0.25) is 0 Å². The van der Waals surface area contributed by atoms with E-state index >= 15 is 0 Å². The van der Waals surface area contributed by atoms with Gasteiger partial charge in [-0.2, -0.15) is 0 Å². The van der Waals surface area contributed by atoms with Crippen molar-refractivity contribution in [1.82, 2.24) is 0 Å². The molecule has 0 spiro atoms. The molecule has 3 aromatic rings. The standard InChI is InChI=1S/C13H9.C11H9.C6H10.2ClH.Zr/c1-3-7-12-10(5-1)9-11-6-2-4-8-13(11)12;1-2-6-10(7-3-1)11-8-4-5-9-11;1-2-4-6-5-3-1;;;/h1-9H;1-3,6-9H,4H2;1-5H2;2*1H;/q;;;;;+2/p-2. The van der Waals surface area contributed by atoms with Gasteiger partial charge in [0.2, 0.25) is 0 Å². The Morgan fingerprint density at radius 2 is 1.21 bits per heavy atom. The minimum atomic E-state index is -2.10. The molecule has 0 aromatic heterocycles. The second-order valence-corrected chi connectivity index (χ2v) is 15.9. The third kappa shape index (κ3) is 4.58. The zero-order valence-corrected chi connectivity index (χ0v) is 22.7. The second kappa shape index (κ2) is 10.8. The van der Waals surface area contributed by atoms with Crippen LogP contribution in [0.3, 0.4) is 0 Å². The van der Waals surface area contributed by atoms with E-state index < -0.39 is 21.3 Å². The van der Waals surface area contributed by atoms with E-state index in [1.54, 1.807) is 11.1 Å². The number of rotatable bonds is 3. The summed E-state index contributed by atoms with van der Waals surface area (Å²) < 4.78 is 4.45. The van der Waals surface area contributed by atoms with Crippen molar-refractivity contribution in [2.75, 3.05) is 0 Å². The fourth-order valence-corrected chi connectivity index (χ4v) is 15.4. The van der Waals surface area contributed by atoms with E-state index in [0.717, 1.165) is 0 Å². The molecule has 0 saturated heterocycles. The molecule has 33 heavy (non-hydrogen) atoms. The van der Waals surface area contributed by atoms with Gasteiger partial charge in [0.05, 0.1) is 0 Å². The molecule has 0 bridgehead atoms. The van der Waals surface area contributed by atoms with Crippen molar-refractivity contribution in [2.45, 2.75) is 42.2 Å². The molecule has 3 aliphatic carbocycles. The van der Waals surface area contributed by atoms with Crippen LogP contribution in [0, 0.1) is 0 Å². The van der Waals surface area contributed by atoms with Gasteiger partial charge < -0.3 is 24.8 Å². The van der Waals surface area contributed by atoms with Crippen molar-refractivity contribution in [1.29, 1.82) is 0 Å². The third-order valence-corrected chi connectivity index (χ3v) is 15.9. The van der Waals surface area contributed by atoms with Gasteiger partial charge in [-0.1, -0.05) is 0 Å². The van der Waals surface area contributed by atoms with Gasteiger partial charge in [0, 0.05) is 0 Å². The number of halogens is 2. The van der Waals surface area contributed by atoms with Crippen molar-refractivity contribution < 1.29 is 46.1 Å². The molecule has 0 unspecified atom stereocenters. The zero-order valence-electron chi connectivity index (χ0n) is 18.7. The fourth-order valence-electron chi connectivity index (χ4n) is 5.88. The van der Waals surface area contributed by atoms with Crippen LogP contribution in [0.25, 0.3) is 16.7 Å². The average Bonchev–Trinajstić information content (AvgIpc) is 3.45. The fraction of sp³-hybridized carbons (Fsp3) is 0.233. The van der Waals surface area contributed by atoms with Gasteiger partial charge in [0.15, 0.2) is 0 Å². The summed E-state index contributed by atoms with van der Waals surface area (Å²) in [6.07, 6.45) is 13.3. The zero-order chi connectivity index (χ0) is 20.6. The average molecular weight is 551 g/mol. The molecule has 3 aliphatic rings. The summed E-state index contributed by atoms with van der Waals surface area (Å²) in [6.45, 7) is 0. The Morgan fingerprint density at radius 1 is 0.636 bits per heavy atom. The van der Waals surface area contributed by atoms with Crippen LogP contribution < -0.4 is 24.8 Å². The minimum Gasteiger partial charge on any atom is -1.00 e. The smallest absolute Gasteiger partial charge is 1.00 e. The molecule has 0 N–H and O–H groups in total. The van der Waals surface area contributed by atoms with E-state index in [9.17, 15) is 0 Å². The predicted molar refractivity (Wildman–Crippen MR) is 129 cm³/mol. The maximum Gasteiger partial charge on any atom is -1.00 e. The van der Waals surface area contributed by atoms with Crippen molar-refractivity contribution in [2.24, 2.45) is 0 Å². The monoisotopic (exact) mass is 548 g/mol. The van der Waals surface area contributed by atoms with Crippen LogP contribution in [0.4, 0.5) is 0 Å². The first-order valence-electron chi connectivity index (χ1n) is 11.8. The Labute approximate surface area is 217 Å². The molecule has 3 heteroatoms. The number of hydrogen-bond donors (Lipinski definition) is 0. The Bertz CT molecular complexity index is 1180. The summed E-state index contributed by atoms with van der Waals surface area (Å²) >= 11 is -2.10. The SMILES string of the molecule is C1=C(c2ccccc2)C=[C]([Zr+2](=[C]2CCCCC2)[CH]2c3ccccc3-c3ccccc32)C1.[Cl-].[Cl-]. The molecule has 6 rings (SSSR count). The molecule has 0 atom stereocenters. The predicted octanol–water partition coefficient (Wildman–Crippen LogP) is 1.89. The van der Waals surface area contributed by atoms with E-state index in [1.165, 1.54) is 60.8 Å². The van der Waals surface area contributed by atoms with Gasteiger partial charge >= 0.3 is 194 Å². The van der Waals surface area contributed by atoms with E-state index in [1.807, 2.05) is 6.49 Å². The summed E-state index contributed by atoms with van der Waals surface area (Å²) in [5.74, 6) is 0. The van der Waals surface area contributed by atoms with Gasteiger partial charge in [0.25, 0.3) is 0 Å². The quantitative estimate of drug-likeness (QED) is 0.468. The molecule has 0 heterocycles. The van der Waals surface area contributed by atoms with Gasteiger partial charge in [-0.05, 0) is 0 Å². The van der Waals surface area contributed by atoms with Crippen LogP contribution >= 0.6 is 0 Å². The Morgan fingerprint density at radius 3 is 1.85 bits per heavy atom. The van der Waals surface area contributed by atoms with Crippen molar-refractivity contribution in [3.8, 4) is 11.1 Å². The first-order valence-corrected chi connectivity index (χ1v) is 15.6. The van der Waals surface area contributed by atoms with Crippen LogP contribution in [0.1, 0.15) is 58.8 Å². The Balaban J connectivity index is 0.00000130. The van der Waals surface area contributed by atoms with Gasteiger partial charge in [-0.15, -0.1) is 0 Å². The number of fused-ring (bicyclic) bond motifs is 3. The largest absolute Gasteiger partial charge is 1.00 e. The normalized spacial score (nSPS) is 16.4. The molecule has 1 fully saturated rings. The van der Waals surface area contributed by atoms with E-state index in [-0.39, 0.29) is 24.8 Å². The molecule has 0 amide bonds. The van der Waals surface area contributed by atoms with Crippen molar-refractivity contribution in [3.05, 3.63) is 111 Å². The summed E-state index contributed by atoms with van der Waals surface area (Å²) in [6, 6.07) is 29.5. The van der Waals surface area contributed by atoms with E-state index in [2.05, 4.69) is 91.0 Å². The third-order valence-electron chi connectivity index (χ3n) is 7.29. The van der Waals surface area contributed by atoms with Crippen LogP contribution in [-0.2, 0) is 21.3 Å². The molecule has 0 radical (unpaired) electrons. The van der Waals surface area contributed by atoms with Gasteiger partial charge in [0.1, 0.15) is 0 Å². The molecular formula is C30H28Cl2Zr. The molecule has 166 valence electrons. The van der Waals surface area contributed by atoms with E-state index in [0.29, 0.717) is 3.63 Å². The molecular weight excluding hydrogens is 522 g/mol. The topological polar surface area (TPSA) is 0 Å². The first-order chi connectivity index (χ1) is 15.4. The summed E-state index contributed by atoms with van der Waals surface area (Å²) in [5, 5.41) is 0. The first kappa shape index (κ1) is 24.6. The molecule has 3 aromatic carbocycles. The van der Waals surface area contributed by atoms with Gasteiger partial charge in [-0.25, -0.2) is 0 Å². The van der Waals surface area contributed by atoms with Gasteiger partial charge in [-0.3, -0.25) is 0 Å². The number of hydrogen-bond acceptors (Lipinski definition) is 0. The minimum absolute atomic E-state index is 0. The second-order valence-electron chi connectivity index (χ2n) is 9.08. The number of allylic oxidation sites excluding steroid dienone is 4. The summed E-state index contributed by atoms with van der Waals surface area (Å²) in [4.78, 5) is 0. The van der Waals surface area contributed by atoms with Crippen LogP contribution in [-0.4, -0.2) is 3.21 Å². The molecule has 0 aliphatic heterocycles. The summed E-state index contributed by atoms with van der Waals surface area (Å²) in [5.41, 5.74) is 9.04. The molecule has 0 nitrogen and oxygen atoms in total. The van der Waals surface area contributed by atoms with Crippen LogP contribution in [0.15, 0.2) is 94.3 Å². The maximum absolute atomic E-state index is 2.61. The molecule has 1 saturated carbocycles. The van der Waals surface area contributed by atoms with Crippen molar-refractivity contribution in [3.63, 3.8) is 0 Å². The van der Waals surface area contributed by atoms with E-state index in [4.69, 9.17) is 0 Å². The number of benzene rings is 3. The maximum atomic E-state index is 2.61. The van der Waals surface area contributed by atoms with Crippen molar-refractivity contribution >= 4 is 8.78 Å². The summed E-state index contributed by atoms with van der Waals surface area (Å²) in [7, 11) is 0. The Hall–Kier alpha value is -1.53.